The van der Waals surface area contributed by atoms with Gasteiger partial charge in [0.25, 0.3) is 5.56 Å². The van der Waals surface area contributed by atoms with Gasteiger partial charge in [0.15, 0.2) is 10.7 Å². The summed E-state index contributed by atoms with van der Waals surface area (Å²) < 4.78 is 2.76. The summed E-state index contributed by atoms with van der Waals surface area (Å²) in [6.45, 7) is 4.05. The summed E-state index contributed by atoms with van der Waals surface area (Å²) in [6.07, 6.45) is 5.60. The number of aromatic nitrogens is 2. The Hall–Kier alpha value is -3.19. The molecule has 0 atom stereocenters. The predicted octanol–water partition coefficient (Wildman–Crippen LogP) is 3.07. The van der Waals surface area contributed by atoms with Gasteiger partial charge in [-0.1, -0.05) is 17.4 Å². The zero-order chi connectivity index (χ0) is 18.6. The van der Waals surface area contributed by atoms with E-state index in [4.69, 9.17) is 5.73 Å². The summed E-state index contributed by atoms with van der Waals surface area (Å²) in [5.41, 5.74) is 9.75. The van der Waals surface area contributed by atoms with Crippen molar-refractivity contribution in [3.05, 3.63) is 68.7 Å². The van der Waals surface area contributed by atoms with Crippen molar-refractivity contribution in [3.8, 4) is 0 Å². The molecule has 0 fully saturated rings. The summed E-state index contributed by atoms with van der Waals surface area (Å²) in [7, 11) is 0. The van der Waals surface area contributed by atoms with Crippen LogP contribution in [-0.2, 0) is 4.79 Å². The van der Waals surface area contributed by atoms with Crippen LogP contribution >= 0.6 is 11.3 Å². The van der Waals surface area contributed by atoms with Gasteiger partial charge in [0, 0.05) is 0 Å². The molecule has 130 valence electrons. The molecule has 0 saturated carbocycles. The molecule has 0 unspecified atom stereocenters. The zero-order valence-electron chi connectivity index (χ0n) is 14.1. The van der Waals surface area contributed by atoms with E-state index in [1.165, 1.54) is 35.6 Å². The third-order valence-electron chi connectivity index (χ3n) is 4.45. The van der Waals surface area contributed by atoms with Crippen LogP contribution in [0.2, 0.25) is 0 Å². The monoisotopic (exact) mass is 365 g/mol. The molecular weight excluding hydrogens is 350 g/mol. The van der Waals surface area contributed by atoms with E-state index in [1.54, 1.807) is 4.40 Å². The lowest BCUT2D eigenvalue weighted by atomic mass is 10.0. The van der Waals surface area contributed by atoms with Gasteiger partial charge in [-0.05, 0) is 60.9 Å². The van der Waals surface area contributed by atoms with Gasteiger partial charge in [0.05, 0.1) is 15.8 Å². The summed E-state index contributed by atoms with van der Waals surface area (Å²) in [6, 6.07) is 4.08. The van der Waals surface area contributed by atoms with Crippen molar-refractivity contribution in [1.29, 1.82) is 0 Å². The minimum Gasteiger partial charge on any atom is -0.504 e. The molecule has 2 aromatic heterocycles. The summed E-state index contributed by atoms with van der Waals surface area (Å²) in [5, 5.41) is 9.59. The highest BCUT2D eigenvalue weighted by Gasteiger charge is 2.16. The molecule has 6 nitrogen and oxygen atoms in total. The van der Waals surface area contributed by atoms with Crippen molar-refractivity contribution in [2.75, 3.05) is 5.73 Å². The number of carbonyl (C=O) groups excluding carboxylic acids is 1. The molecule has 0 saturated heterocycles. The number of aliphatic hydroxyl groups excluding tert-OH is 1. The van der Waals surface area contributed by atoms with Gasteiger partial charge in [0.2, 0.25) is 5.78 Å². The van der Waals surface area contributed by atoms with Crippen molar-refractivity contribution < 1.29 is 9.90 Å². The fourth-order valence-corrected chi connectivity index (χ4v) is 3.99. The molecule has 1 aliphatic rings. The van der Waals surface area contributed by atoms with Crippen LogP contribution in [0, 0.1) is 13.8 Å². The number of carbonyl (C=O) groups is 1. The van der Waals surface area contributed by atoms with Gasteiger partial charge in [0.1, 0.15) is 5.82 Å². The van der Waals surface area contributed by atoms with Crippen LogP contribution in [0.5, 0.6) is 0 Å². The second-order valence-corrected chi connectivity index (χ2v) is 7.22. The Morgan fingerprint density at radius 2 is 1.92 bits per heavy atom. The van der Waals surface area contributed by atoms with Crippen LogP contribution in [-0.4, -0.2) is 20.3 Å². The van der Waals surface area contributed by atoms with E-state index in [1.807, 2.05) is 19.9 Å². The van der Waals surface area contributed by atoms with Gasteiger partial charge in [-0.25, -0.2) is 0 Å². The van der Waals surface area contributed by atoms with Crippen LogP contribution in [0.4, 0.5) is 5.82 Å². The number of hydrogen-bond acceptors (Lipinski definition) is 6. The minimum absolute atomic E-state index is 0.221. The molecule has 1 aliphatic carbocycles. The molecule has 0 aliphatic heterocycles. The fourth-order valence-electron chi connectivity index (χ4n) is 2.89. The Morgan fingerprint density at radius 1 is 1.19 bits per heavy atom. The summed E-state index contributed by atoms with van der Waals surface area (Å²) in [4.78, 5) is 28.5. The number of anilines is 1. The Balaban J connectivity index is 2.01. The van der Waals surface area contributed by atoms with Crippen molar-refractivity contribution in [3.63, 3.8) is 0 Å². The van der Waals surface area contributed by atoms with Gasteiger partial charge in [-0.2, -0.15) is 4.98 Å². The number of benzene rings is 1. The average Bonchev–Trinajstić information content (AvgIpc) is 2.92. The maximum Gasteiger partial charge on any atom is 0.283 e. The molecular formula is C19H15N3O3S. The zero-order valence-corrected chi connectivity index (χ0v) is 14.9. The lowest BCUT2D eigenvalue weighted by Crippen LogP contribution is -2.16. The van der Waals surface area contributed by atoms with Gasteiger partial charge >= 0.3 is 0 Å². The number of allylic oxidation sites excluding steroid dienone is 4. The number of aryl methyl sites for hydroxylation is 2. The Morgan fingerprint density at radius 3 is 2.65 bits per heavy atom. The SMILES string of the molecule is Cc1cc2sc3nc(=O)c(C=C4C=CC(=O)C(O)=C4)c(N)n3c2cc1C. The average molecular weight is 365 g/mol. The molecule has 0 amide bonds. The quantitative estimate of drug-likeness (QED) is 0.691. The molecule has 0 radical (unpaired) electrons. The summed E-state index contributed by atoms with van der Waals surface area (Å²) >= 11 is 1.41. The Kier molecular flexibility index (Phi) is 3.55. The smallest absolute Gasteiger partial charge is 0.283 e. The Bertz CT molecular complexity index is 1260. The van der Waals surface area contributed by atoms with E-state index >= 15 is 0 Å². The van der Waals surface area contributed by atoms with Gasteiger partial charge in [-0.15, -0.1) is 0 Å². The molecule has 3 aromatic rings. The van der Waals surface area contributed by atoms with E-state index < -0.39 is 11.3 Å². The molecule has 4 rings (SSSR count). The van der Waals surface area contributed by atoms with Crippen molar-refractivity contribution in [2.24, 2.45) is 0 Å². The first-order valence-electron chi connectivity index (χ1n) is 7.92. The van der Waals surface area contributed by atoms with Crippen molar-refractivity contribution in [2.45, 2.75) is 13.8 Å². The number of aliphatic hydroxyl groups is 1. The first kappa shape index (κ1) is 16.3. The largest absolute Gasteiger partial charge is 0.504 e. The third kappa shape index (κ3) is 2.44. The van der Waals surface area contributed by atoms with E-state index in [0.717, 1.165) is 21.3 Å². The van der Waals surface area contributed by atoms with Crippen LogP contribution in [0.25, 0.3) is 21.3 Å². The summed E-state index contributed by atoms with van der Waals surface area (Å²) in [5.74, 6) is -0.575. The van der Waals surface area contributed by atoms with E-state index in [0.29, 0.717) is 10.5 Å². The first-order chi connectivity index (χ1) is 12.3. The predicted molar refractivity (Wildman–Crippen MR) is 104 cm³/mol. The standard InChI is InChI=1S/C19H15N3O3S/c1-9-5-13-16(6-10(9)2)26-19-21-18(25)12(17(20)22(13)19)7-11-3-4-14(23)15(24)8-11/h3-8,24H,20H2,1-2H3. The number of hydrogen-bond donors (Lipinski definition) is 2. The number of nitrogens with two attached hydrogens (primary N) is 1. The molecule has 0 spiro atoms. The number of nitrogen functional groups attached to an aromatic ring is 1. The van der Waals surface area contributed by atoms with Gasteiger partial charge < -0.3 is 10.8 Å². The number of thiazole rings is 1. The lowest BCUT2D eigenvalue weighted by molar-refractivity contribution is -0.113. The third-order valence-corrected chi connectivity index (χ3v) is 5.45. The maximum absolute atomic E-state index is 12.5. The Labute approximate surface area is 152 Å². The normalized spacial score (nSPS) is 16.0. The fraction of sp³-hybridized carbons (Fsp3) is 0.105. The van der Waals surface area contributed by atoms with Crippen LogP contribution in [0.15, 0.2) is 46.5 Å². The lowest BCUT2D eigenvalue weighted by Gasteiger charge is -2.07. The topological polar surface area (TPSA) is 97.7 Å². The highest BCUT2D eigenvalue weighted by Crippen LogP contribution is 2.30. The van der Waals surface area contributed by atoms with E-state index in [-0.39, 0.29) is 17.1 Å². The number of ketones is 1. The highest BCUT2D eigenvalue weighted by molar-refractivity contribution is 7.23. The van der Waals surface area contributed by atoms with Crippen LogP contribution in [0.1, 0.15) is 16.7 Å². The number of fused-ring (bicyclic) bond motifs is 3. The van der Waals surface area contributed by atoms with E-state index in [9.17, 15) is 14.7 Å². The molecule has 3 N–H and O–H groups in total. The molecule has 2 heterocycles. The van der Waals surface area contributed by atoms with Crippen LogP contribution in [0.3, 0.4) is 0 Å². The molecule has 26 heavy (non-hydrogen) atoms. The van der Waals surface area contributed by atoms with Crippen LogP contribution < -0.4 is 11.3 Å². The van der Waals surface area contributed by atoms with Gasteiger partial charge in [-0.3, -0.25) is 14.0 Å². The molecule has 1 aromatic carbocycles. The maximum atomic E-state index is 12.5. The highest BCUT2D eigenvalue weighted by atomic mass is 32.1. The number of nitrogens with zero attached hydrogens (tertiary/aromatic N) is 2. The van der Waals surface area contributed by atoms with Crippen molar-refractivity contribution >= 4 is 44.2 Å². The molecule has 7 heteroatoms. The minimum atomic E-state index is -0.477. The van der Waals surface area contributed by atoms with Crippen molar-refractivity contribution in [1.82, 2.24) is 9.38 Å². The van der Waals surface area contributed by atoms with E-state index in [2.05, 4.69) is 11.1 Å². The molecule has 0 bridgehead atoms. The first-order valence-corrected chi connectivity index (χ1v) is 8.73. The second-order valence-electron chi connectivity index (χ2n) is 6.21. The number of rotatable bonds is 1. The second kappa shape index (κ2) is 5.67.